The second-order valence-electron chi connectivity index (χ2n) is 5.30. The smallest absolute Gasteiger partial charge is 0.236 e. The minimum atomic E-state index is 0.268. The summed E-state index contributed by atoms with van der Waals surface area (Å²) in [6.45, 7) is 5.28. The first-order valence-electron chi connectivity index (χ1n) is 7.04. The summed E-state index contributed by atoms with van der Waals surface area (Å²) in [7, 11) is 2.11. The maximum absolute atomic E-state index is 12.0. The van der Waals surface area contributed by atoms with Crippen LogP contribution < -0.4 is 5.32 Å². The van der Waals surface area contributed by atoms with Crippen LogP contribution in [0.3, 0.4) is 0 Å². The quantitative estimate of drug-likeness (QED) is 0.814. The molecular formula is C13H25N3OS. The maximum Gasteiger partial charge on any atom is 0.236 e. The molecule has 18 heavy (non-hydrogen) atoms. The highest BCUT2D eigenvalue weighted by molar-refractivity contribution is 7.99. The molecule has 1 unspecified atom stereocenters. The van der Waals surface area contributed by atoms with E-state index in [1.165, 1.54) is 25.0 Å². The van der Waals surface area contributed by atoms with Crippen LogP contribution in [0.2, 0.25) is 0 Å². The number of hydrogen-bond acceptors (Lipinski definition) is 4. The standard InChI is InChI=1S/C13H25N3OS/c1-15-5-7-16(8-6-15)13(17)11-14-10-12-4-2-3-9-18-12/h12,14H,2-11H2,1H3. The number of carbonyl (C=O) groups excluding carboxylic acids is 1. The van der Waals surface area contributed by atoms with Crippen LogP contribution in [0.1, 0.15) is 19.3 Å². The Morgan fingerprint density at radius 3 is 2.72 bits per heavy atom. The van der Waals surface area contributed by atoms with Gasteiger partial charge in [0.15, 0.2) is 0 Å². The minimum Gasteiger partial charge on any atom is -0.339 e. The molecule has 0 radical (unpaired) electrons. The lowest BCUT2D eigenvalue weighted by molar-refractivity contribution is -0.131. The van der Waals surface area contributed by atoms with Gasteiger partial charge in [-0.2, -0.15) is 11.8 Å². The zero-order chi connectivity index (χ0) is 12.8. The van der Waals surface area contributed by atoms with E-state index >= 15 is 0 Å². The Balaban J connectivity index is 1.59. The first-order chi connectivity index (χ1) is 8.75. The van der Waals surface area contributed by atoms with Gasteiger partial charge in [-0.15, -0.1) is 0 Å². The lowest BCUT2D eigenvalue weighted by Crippen LogP contribution is -2.49. The van der Waals surface area contributed by atoms with Gasteiger partial charge in [0.25, 0.3) is 0 Å². The van der Waals surface area contributed by atoms with Gasteiger partial charge in [0.2, 0.25) is 5.91 Å². The number of nitrogens with zero attached hydrogens (tertiary/aromatic N) is 2. The molecule has 0 aromatic heterocycles. The second-order valence-corrected chi connectivity index (χ2v) is 6.71. The van der Waals surface area contributed by atoms with E-state index < -0.39 is 0 Å². The fourth-order valence-corrected chi connectivity index (χ4v) is 3.75. The Labute approximate surface area is 114 Å². The van der Waals surface area contributed by atoms with Crippen LogP contribution in [0.5, 0.6) is 0 Å². The molecule has 1 amide bonds. The van der Waals surface area contributed by atoms with Crippen molar-refractivity contribution >= 4 is 17.7 Å². The van der Waals surface area contributed by atoms with Gasteiger partial charge in [-0.05, 0) is 25.6 Å². The Kier molecular flexibility index (Phi) is 5.79. The van der Waals surface area contributed by atoms with Gasteiger partial charge in [0.1, 0.15) is 0 Å². The largest absolute Gasteiger partial charge is 0.339 e. The molecule has 1 N–H and O–H groups in total. The molecule has 2 rings (SSSR count). The molecule has 2 aliphatic rings. The van der Waals surface area contributed by atoms with Crippen molar-refractivity contribution in [3.63, 3.8) is 0 Å². The molecule has 2 aliphatic heterocycles. The minimum absolute atomic E-state index is 0.268. The van der Waals surface area contributed by atoms with Crippen LogP contribution >= 0.6 is 11.8 Å². The zero-order valence-electron chi connectivity index (χ0n) is 11.4. The van der Waals surface area contributed by atoms with Crippen LogP contribution in [-0.4, -0.2) is 73.0 Å². The summed E-state index contributed by atoms with van der Waals surface area (Å²) in [5, 5.41) is 4.06. The molecule has 0 aromatic rings. The van der Waals surface area contributed by atoms with Crippen LogP contribution in [0, 0.1) is 0 Å². The topological polar surface area (TPSA) is 35.6 Å². The van der Waals surface area contributed by atoms with Gasteiger partial charge in [-0.25, -0.2) is 0 Å². The predicted octanol–water partition coefficient (Wildman–Crippen LogP) is 0.636. The van der Waals surface area contributed by atoms with Crippen molar-refractivity contribution in [3.8, 4) is 0 Å². The van der Waals surface area contributed by atoms with Gasteiger partial charge < -0.3 is 15.1 Å². The fraction of sp³-hybridized carbons (Fsp3) is 0.923. The van der Waals surface area contributed by atoms with E-state index in [1.54, 1.807) is 0 Å². The molecule has 0 spiro atoms. The summed E-state index contributed by atoms with van der Waals surface area (Å²) < 4.78 is 0. The summed E-state index contributed by atoms with van der Waals surface area (Å²) in [4.78, 5) is 16.2. The highest BCUT2D eigenvalue weighted by Gasteiger charge is 2.19. The average Bonchev–Trinajstić information content (AvgIpc) is 2.40. The Hall–Kier alpha value is -0.260. The van der Waals surface area contributed by atoms with Crippen LogP contribution in [0.15, 0.2) is 0 Å². The number of amides is 1. The molecule has 5 heteroatoms. The summed E-state index contributed by atoms with van der Waals surface area (Å²) >= 11 is 2.06. The molecule has 2 heterocycles. The number of thioether (sulfide) groups is 1. The van der Waals surface area contributed by atoms with Crippen molar-refractivity contribution < 1.29 is 4.79 Å². The second kappa shape index (κ2) is 7.36. The third-order valence-electron chi connectivity index (χ3n) is 3.78. The fourth-order valence-electron chi connectivity index (χ4n) is 2.48. The molecule has 4 nitrogen and oxygen atoms in total. The lowest BCUT2D eigenvalue weighted by Gasteiger charge is -2.32. The average molecular weight is 271 g/mol. The van der Waals surface area contributed by atoms with Crippen molar-refractivity contribution in [1.29, 1.82) is 0 Å². The highest BCUT2D eigenvalue weighted by atomic mass is 32.2. The molecular weight excluding hydrogens is 246 g/mol. The van der Waals surface area contributed by atoms with E-state index in [4.69, 9.17) is 0 Å². The number of carbonyl (C=O) groups is 1. The van der Waals surface area contributed by atoms with Crippen molar-refractivity contribution in [1.82, 2.24) is 15.1 Å². The van der Waals surface area contributed by atoms with Crippen molar-refractivity contribution in [2.75, 3.05) is 52.1 Å². The highest BCUT2D eigenvalue weighted by Crippen LogP contribution is 2.24. The number of likely N-dealkylation sites (N-methyl/N-ethyl adjacent to an activating group) is 1. The van der Waals surface area contributed by atoms with E-state index in [0.29, 0.717) is 6.54 Å². The van der Waals surface area contributed by atoms with Gasteiger partial charge in [0, 0.05) is 38.0 Å². The summed E-state index contributed by atoms with van der Waals surface area (Å²) in [6.07, 6.45) is 4.02. The van der Waals surface area contributed by atoms with Gasteiger partial charge in [-0.1, -0.05) is 6.42 Å². The predicted molar refractivity (Wildman–Crippen MR) is 77.0 cm³/mol. The third kappa shape index (κ3) is 4.44. The summed E-state index contributed by atoms with van der Waals surface area (Å²) in [6, 6.07) is 0. The van der Waals surface area contributed by atoms with E-state index in [2.05, 4.69) is 29.0 Å². The van der Waals surface area contributed by atoms with Crippen LogP contribution in [0.25, 0.3) is 0 Å². The molecule has 0 saturated carbocycles. The van der Waals surface area contributed by atoms with Gasteiger partial charge >= 0.3 is 0 Å². The van der Waals surface area contributed by atoms with E-state index in [9.17, 15) is 4.79 Å². The van der Waals surface area contributed by atoms with Crippen molar-refractivity contribution in [2.24, 2.45) is 0 Å². The molecule has 104 valence electrons. The van der Waals surface area contributed by atoms with Crippen LogP contribution in [0.4, 0.5) is 0 Å². The third-order valence-corrected chi connectivity index (χ3v) is 5.18. The number of piperazine rings is 1. The van der Waals surface area contributed by atoms with Crippen molar-refractivity contribution in [2.45, 2.75) is 24.5 Å². The Morgan fingerprint density at radius 2 is 2.06 bits per heavy atom. The molecule has 0 bridgehead atoms. The molecule has 0 aliphatic carbocycles. The Morgan fingerprint density at radius 1 is 1.28 bits per heavy atom. The monoisotopic (exact) mass is 271 g/mol. The Bertz CT molecular complexity index is 261. The van der Waals surface area contributed by atoms with Crippen molar-refractivity contribution in [3.05, 3.63) is 0 Å². The normalized spacial score (nSPS) is 26.3. The molecule has 2 fully saturated rings. The molecule has 0 aromatic carbocycles. The SMILES string of the molecule is CN1CCN(C(=O)CNCC2CCCCS2)CC1. The number of rotatable bonds is 4. The molecule has 2 saturated heterocycles. The van der Waals surface area contributed by atoms with E-state index in [1.807, 2.05) is 4.90 Å². The van der Waals surface area contributed by atoms with E-state index in [-0.39, 0.29) is 5.91 Å². The lowest BCUT2D eigenvalue weighted by atomic mass is 10.2. The maximum atomic E-state index is 12.0. The van der Waals surface area contributed by atoms with Crippen LogP contribution in [-0.2, 0) is 4.79 Å². The zero-order valence-corrected chi connectivity index (χ0v) is 12.2. The summed E-state index contributed by atoms with van der Waals surface area (Å²) in [5.41, 5.74) is 0. The van der Waals surface area contributed by atoms with Gasteiger partial charge in [-0.3, -0.25) is 4.79 Å². The number of hydrogen-bond donors (Lipinski definition) is 1. The summed E-state index contributed by atoms with van der Waals surface area (Å²) in [5.74, 6) is 1.56. The first-order valence-corrected chi connectivity index (χ1v) is 8.09. The van der Waals surface area contributed by atoms with E-state index in [0.717, 1.165) is 38.0 Å². The molecule has 1 atom stereocenters. The first kappa shape index (κ1) is 14.2. The number of nitrogens with one attached hydrogen (secondary N) is 1. The van der Waals surface area contributed by atoms with Gasteiger partial charge in [0.05, 0.1) is 6.54 Å².